The third-order valence-electron chi connectivity index (χ3n) is 5.20. The molecule has 0 saturated carbocycles. The lowest BCUT2D eigenvalue weighted by Crippen LogP contribution is -1.79. The Balaban J connectivity index is 1.60. The zero-order valence-corrected chi connectivity index (χ0v) is 18.7. The molecule has 1 aliphatic rings. The minimum absolute atomic E-state index is 0.0306. The van der Waals surface area contributed by atoms with Gasteiger partial charge >= 0.3 is 0 Å². The summed E-state index contributed by atoms with van der Waals surface area (Å²) in [6.45, 7) is 0. The van der Waals surface area contributed by atoms with Crippen molar-refractivity contribution < 1.29 is 8.83 Å². The molecule has 0 amide bonds. The van der Waals surface area contributed by atoms with Crippen LogP contribution in [0.15, 0.2) is 68.6 Å². The Morgan fingerprint density at radius 2 is 1.15 bits per heavy atom. The van der Waals surface area contributed by atoms with E-state index >= 15 is 0 Å². The fourth-order valence-corrected chi connectivity index (χ4v) is 5.00. The maximum absolute atomic E-state index is 8.81. The van der Waals surface area contributed by atoms with Crippen LogP contribution in [0.4, 0.5) is 0 Å². The van der Waals surface area contributed by atoms with E-state index < -0.39 is 0 Å². The Hall–Kier alpha value is -4.82. The monoisotopic (exact) mass is 460 g/mol. The highest BCUT2D eigenvalue weighted by molar-refractivity contribution is 7.19. The molecule has 3 aromatic rings. The number of thiophene rings is 1. The standard InChI is InChI=1S/C27H16N4O2S/c28-14-18(15-29)4-1-6-20-10-12-24(32-20)26-22-8-3-9-23(22)27(34-26)25-13-11-21(33-25)7-2-5-19(16-30)17-31/h1-2,4-7,10-13H,3,8-9H2/b6-1+,7-2+. The average molecular weight is 461 g/mol. The summed E-state index contributed by atoms with van der Waals surface area (Å²) < 4.78 is 12.0. The number of furan rings is 2. The van der Waals surface area contributed by atoms with Gasteiger partial charge in [-0.2, -0.15) is 21.0 Å². The van der Waals surface area contributed by atoms with E-state index in [9.17, 15) is 0 Å². The topological polar surface area (TPSA) is 121 Å². The smallest absolute Gasteiger partial charge is 0.145 e. The van der Waals surface area contributed by atoms with Gasteiger partial charge in [-0.05, 0) is 79.0 Å². The summed E-state index contributed by atoms with van der Waals surface area (Å²) >= 11 is 1.64. The second-order valence-corrected chi connectivity index (χ2v) is 8.32. The molecule has 0 atom stereocenters. The molecule has 0 bridgehead atoms. The molecule has 0 spiro atoms. The van der Waals surface area contributed by atoms with Crippen molar-refractivity contribution in [2.75, 3.05) is 0 Å². The maximum atomic E-state index is 8.81. The number of nitrogens with zero attached hydrogens (tertiary/aromatic N) is 4. The predicted molar refractivity (Wildman–Crippen MR) is 128 cm³/mol. The number of nitriles is 4. The van der Waals surface area contributed by atoms with Crippen molar-refractivity contribution in [3.05, 3.63) is 82.4 Å². The van der Waals surface area contributed by atoms with E-state index in [1.54, 1.807) is 35.6 Å². The molecule has 0 aliphatic heterocycles. The second kappa shape index (κ2) is 10.2. The zero-order valence-electron chi connectivity index (χ0n) is 17.9. The van der Waals surface area contributed by atoms with Crippen LogP contribution in [0.1, 0.15) is 29.1 Å². The molecular weight excluding hydrogens is 444 g/mol. The molecule has 0 radical (unpaired) electrons. The summed E-state index contributed by atoms with van der Waals surface area (Å²) in [6.07, 6.45) is 12.6. The quantitative estimate of drug-likeness (QED) is 0.297. The molecule has 162 valence electrons. The maximum Gasteiger partial charge on any atom is 0.145 e. The van der Waals surface area contributed by atoms with Gasteiger partial charge in [0, 0.05) is 0 Å². The molecule has 34 heavy (non-hydrogen) atoms. The highest BCUT2D eigenvalue weighted by Gasteiger charge is 2.26. The van der Waals surface area contributed by atoms with Gasteiger partial charge < -0.3 is 8.83 Å². The number of hydrogen-bond donors (Lipinski definition) is 0. The summed E-state index contributed by atoms with van der Waals surface area (Å²) in [5.74, 6) is 2.82. The van der Waals surface area contributed by atoms with Crippen LogP contribution in [-0.2, 0) is 12.8 Å². The van der Waals surface area contributed by atoms with Crippen molar-refractivity contribution in [3.63, 3.8) is 0 Å². The number of hydrogen-bond acceptors (Lipinski definition) is 7. The zero-order chi connectivity index (χ0) is 23.9. The Bertz CT molecular complexity index is 1380. The molecule has 4 rings (SSSR count). The average Bonchev–Trinajstić information content (AvgIpc) is 3.64. The van der Waals surface area contributed by atoms with Gasteiger partial charge in [0.1, 0.15) is 58.5 Å². The van der Waals surface area contributed by atoms with Gasteiger partial charge in [-0.3, -0.25) is 0 Å². The summed E-state index contributed by atoms with van der Waals surface area (Å²) in [6, 6.07) is 14.8. The van der Waals surface area contributed by atoms with Gasteiger partial charge in [0.15, 0.2) is 0 Å². The van der Waals surface area contributed by atoms with E-state index in [1.165, 1.54) is 23.3 Å². The first-order valence-corrected chi connectivity index (χ1v) is 11.2. The van der Waals surface area contributed by atoms with Crippen LogP contribution in [0.2, 0.25) is 0 Å². The predicted octanol–water partition coefficient (Wildman–Crippen LogP) is 6.73. The first-order chi connectivity index (χ1) is 16.7. The molecule has 1 aliphatic carbocycles. The largest absolute Gasteiger partial charge is 0.456 e. The van der Waals surface area contributed by atoms with E-state index in [1.807, 2.05) is 48.5 Å². The van der Waals surface area contributed by atoms with Gasteiger partial charge in [-0.25, -0.2) is 0 Å². The molecule has 6 nitrogen and oxygen atoms in total. The third-order valence-corrected chi connectivity index (χ3v) is 6.50. The van der Waals surface area contributed by atoms with Crippen molar-refractivity contribution in [1.82, 2.24) is 0 Å². The van der Waals surface area contributed by atoms with Crippen molar-refractivity contribution in [1.29, 1.82) is 21.0 Å². The van der Waals surface area contributed by atoms with Crippen molar-refractivity contribution >= 4 is 23.5 Å². The minimum Gasteiger partial charge on any atom is -0.456 e. The van der Waals surface area contributed by atoms with Gasteiger partial charge in [0.25, 0.3) is 0 Å². The number of fused-ring (bicyclic) bond motifs is 1. The Morgan fingerprint density at radius 3 is 1.56 bits per heavy atom. The van der Waals surface area contributed by atoms with Gasteiger partial charge in [0.2, 0.25) is 0 Å². The molecule has 0 N–H and O–H groups in total. The molecule has 0 saturated heterocycles. The van der Waals surface area contributed by atoms with Gasteiger partial charge in [-0.15, -0.1) is 11.3 Å². The van der Waals surface area contributed by atoms with E-state index in [-0.39, 0.29) is 11.1 Å². The van der Waals surface area contributed by atoms with E-state index in [0.29, 0.717) is 11.5 Å². The third kappa shape index (κ3) is 4.67. The Labute approximate surface area is 200 Å². The van der Waals surface area contributed by atoms with Crippen molar-refractivity contribution in [3.8, 4) is 45.6 Å². The summed E-state index contributed by atoms with van der Waals surface area (Å²) in [4.78, 5) is 2.16. The number of rotatable bonds is 6. The van der Waals surface area contributed by atoms with Crippen LogP contribution in [-0.4, -0.2) is 0 Å². The lowest BCUT2D eigenvalue weighted by Gasteiger charge is -1.96. The molecule has 0 unspecified atom stereocenters. The lowest BCUT2D eigenvalue weighted by atomic mass is 10.1. The normalized spacial score (nSPS) is 12.0. The highest BCUT2D eigenvalue weighted by atomic mass is 32.1. The molecular formula is C27H16N4O2S. The van der Waals surface area contributed by atoms with Gasteiger partial charge in [0.05, 0.1) is 9.75 Å². The SMILES string of the molecule is N#CC(C#N)=C/C=C/c1ccc(-c2sc(-c3ccc(/C=C/C=C(C#N)C#N)o3)c3c2CCC3)o1. The van der Waals surface area contributed by atoms with E-state index in [4.69, 9.17) is 29.9 Å². The van der Waals surface area contributed by atoms with Crippen LogP contribution in [0.25, 0.3) is 33.4 Å². The molecule has 3 heterocycles. The summed E-state index contributed by atoms with van der Waals surface area (Å²) in [5, 5.41) is 35.3. The van der Waals surface area contributed by atoms with Crippen molar-refractivity contribution in [2.45, 2.75) is 19.3 Å². The molecule has 0 fully saturated rings. The Kier molecular flexibility index (Phi) is 6.71. The molecule has 3 aromatic heterocycles. The second-order valence-electron chi connectivity index (χ2n) is 7.30. The Morgan fingerprint density at radius 1 is 0.706 bits per heavy atom. The lowest BCUT2D eigenvalue weighted by molar-refractivity contribution is 0.572. The fourth-order valence-electron chi connectivity index (χ4n) is 3.67. The van der Waals surface area contributed by atoms with E-state index in [0.717, 1.165) is 40.5 Å². The summed E-state index contributed by atoms with van der Waals surface area (Å²) in [5.41, 5.74) is 2.63. The van der Waals surface area contributed by atoms with E-state index in [2.05, 4.69) is 0 Å². The van der Waals surface area contributed by atoms with Crippen LogP contribution < -0.4 is 0 Å². The first kappa shape index (κ1) is 22.4. The van der Waals surface area contributed by atoms with Crippen LogP contribution in [0, 0.1) is 45.3 Å². The van der Waals surface area contributed by atoms with Gasteiger partial charge in [-0.1, -0.05) is 12.2 Å². The first-order valence-electron chi connectivity index (χ1n) is 10.4. The van der Waals surface area contributed by atoms with Crippen LogP contribution in [0.3, 0.4) is 0 Å². The molecule has 0 aromatic carbocycles. The minimum atomic E-state index is 0.0306. The van der Waals surface area contributed by atoms with Crippen molar-refractivity contribution in [2.24, 2.45) is 0 Å². The highest BCUT2D eigenvalue weighted by Crippen LogP contribution is 2.47. The molecule has 7 heteroatoms. The number of allylic oxidation sites excluding steroid dienone is 6. The van der Waals surface area contributed by atoms with Crippen LogP contribution >= 0.6 is 11.3 Å². The fraction of sp³-hybridized carbons (Fsp3) is 0.111. The van der Waals surface area contributed by atoms with Crippen LogP contribution in [0.5, 0.6) is 0 Å². The summed E-state index contributed by atoms with van der Waals surface area (Å²) in [7, 11) is 0.